The molecule has 2 unspecified atom stereocenters. The number of amides is 1. The molecule has 2 atom stereocenters. The largest absolute Gasteiger partial charge is 0.396 e. The van der Waals surface area contributed by atoms with E-state index in [0.29, 0.717) is 12.2 Å². The summed E-state index contributed by atoms with van der Waals surface area (Å²) in [6.07, 6.45) is 5.39. The molecule has 1 amide bonds. The molecule has 0 aliphatic carbocycles. The molecule has 0 bridgehead atoms. The first kappa shape index (κ1) is 11.8. The highest BCUT2D eigenvalue weighted by molar-refractivity contribution is 9.10. The molecule has 2 aliphatic rings. The van der Waals surface area contributed by atoms with Crippen molar-refractivity contribution in [3.8, 4) is 0 Å². The Morgan fingerprint density at radius 1 is 1.50 bits per heavy atom. The summed E-state index contributed by atoms with van der Waals surface area (Å²) in [5, 5.41) is 2.95. The Morgan fingerprint density at radius 2 is 2.33 bits per heavy atom. The third-order valence-corrected chi connectivity index (χ3v) is 4.37. The van der Waals surface area contributed by atoms with Crippen molar-refractivity contribution in [1.82, 2.24) is 10.3 Å². The second-order valence-corrected chi connectivity index (χ2v) is 5.67. The number of rotatable bonds is 1. The van der Waals surface area contributed by atoms with Crippen LogP contribution < -0.4 is 16.0 Å². The molecule has 3 heterocycles. The Hall–Kier alpha value is -1.30. The molecule has 0 aromatic carbocycles. The van der Waals surface area contributed by atoms with E-state index in [0.717, 1.165) is 29.5 Å². The molecule has 3 N–H and O–H groups in total. The van der Waals surface area contributed by atoms with Gasteiger partial charge in [-0.05, 0) is 28.8 Å². The van der Waals surface area contributed by atoms with Crippen LogP contribution in [-0.2, 0) is 4.79 Å². The van der Waals surface area contributed by atoms with E-state index < -0.39 is 0 Å². The maximum atomic E-state index is 11.8. The Balaban J connectivity index is 1.98. The van der Waals surface area contributed by atoms with Crippen LogP contribution in [0.2, 0.25) is 0 Å². The van der Waals surface area contributed by atoms with Gasteiger partial charge in [0.1, 0.15) is 0 Å². The quantitative estimate of drug-likeness (QED) is 0.816. The van der Waals surface area contributed by atoms with Crippen molar-refractivity contribution >= 4 is 33.2 Å². The number of fused-ring (bicyclic) bond motifs is 1. The molecule has 1 aromatic rings. The minimum Gasteiger partial charge on any atom is -0.396 e. The summed E-state index contributed by atoms with van der Waals surface area (Å²) in [7, 11) is 0. The lowest BCUT2D eigenvalue weighted by molar-refractivity contribution is -0.122. The van der Waals surface area contributed by atoms with Crippen molar-refractivity contribution in [2.24, 2.45) is 5.92 Å². The van der Waals surface area contributed by atoms with E-state index in [2.05, 4.69) is 31.1 Å². The van der Waals surface area contributed by atoms with Gasteiger partial charge in [-0.1, -0.05) is 0 Å². The summed E-state index contributed by atoms with van der Waals surface area (Å²) in [6.45, 7) is 1.64. The van der Waals surface area contributed by atoms with Crippen molar-refractivity contribution in [1.29, 1.82) is 0 Å². The Morgan fingerprint density at radius 3 is 3.11 bits per heavy atom. The zero-order valence-corrected chi connectivity index (χ0v) is 11.5. The van der Waals surface area contributed by atoms with Crippen LogP contribution in [0.3, 0.4) is 0 Å². The predicted molar refractivity (Wildman–Crippen MR) is 73.2 cm³/mol. The monoisotopic (exact) mass is 310 g/mol. The van der Waals surface area contributed by atoms with Gasteiger partial charge >= 0.3 is 0 Å². The smallest absolute Gasteiger partial charge is 0.225 e. The highest BCUT2D eigenvalue weighted by Gasteiger charge is 2.41. The zero-order chi connectivity index (χ0) is 12.7. The Labute approximate surface area is 114 Å². The van der Waals surface area contributed by atoms with Gasteiger partial charge in [0.05, 0.1) is 34.0 Å². The molecule has 5 nitrogen and oxygen atoms in total. The molecule has 96 valence electrons. The minimum atomic E-state index is 0.0956. The summed E-state index contributed by atoms with van der Waals surface area (Å²) < 4.78 is 0.891. The van der Waals surface area contributed by atoms with Crippen LogP contribution >= 0.6 is 15.9 Å². The van der Waals surface area contributed by atoms with Gasteiger partial charge in [0.2, 0.25) is 5.91 Å². The van der Waals surface area contributed by atoms with Crippen molar-refractivity contribution in [3.63, 3.8) is 0 Å². The standard InChI is InChI=1S/C12H15BrN4O/c13-8-4-15-5-9(14)11(8)17-3-1-2-7-10(17)6-16-12(7)18/h4-5,7,10H,1-3,6,14H2,(H,16,18). The van der Waals surface area contributed by atoms with E-state index in [9.17, 15) is 4.79 Å². The lowest BCUT2D eigenvalue weighted by Gasteiger charge is -2.38. The lowest BCUT2D eigenvalue weighted by Crippen LogP contribution is -2.46. The number of carbonyl (C=O) groups excluding carboxylic acids is 1. The molecule has 2 aliphatic heterocycles. The van der Waals surface area contributed by atoms with Gasteiger partial charge in [-0.25, -0.2) is 0 Å². The van der Waals surface area contributed by atoms with E-state index in [-0.39, 0.29) is 17.9 Å². The number of piperidine rings is 1. The molecular formula is C12H15BrN4O. The molecule has 2 fully saturated rings. The highest BCUT2D eigenvalue weighted by atomic mass is 79.9. The predicted octanol–water partition coefficient (Wildman–Crippen LogP) is 1.14. The first-order valence-corrected chi connectivity index (χ1v) is 6.91. The van der Waals surface area contributed by atoms with E-state index in [4.69, 9.17) is 5.73 Å². The number of nitrogens with zero attached hydrogens (tertiary/aromatic N) is 2. The van der Waals surface area contributed by atoms with Gasteiger partial charge in [0, 0.05) is 19.3 Å². The number of carbonyl (C=O) groups is 1. The zero-order valence-electron chi connectivity index (χ0n) is 9.90. The van der Waals surface area contributed by atoms with Gasteiger partial charge in [0.15, 0.2) is 0 Å². The van der Waals surface area contributed by atoms with E-state index in [1.165, 1.54) is 0 Å². The van der Waals surface area contributed by atoms with Crippen molar-refractivity contribution < 1.29 is 4.79 Å². The summed E-state index contributed by atoms with van der Waals surface area (Å²) >= 11 is 3.51. The third kappa shape index (κ3) is 1.75. The maximum Gasteiger partial charge on any atom is 0.225 e. The average molecular weight is 311 g/mol. The number of halogens is 1. The number of hydrogen-bond acceptors (Lipinski definition) is 4. The van der Waals surface area contributed by atoms with Crippen LogP contribution in [0.1, 0.15) is 12.8 Å². The average Bonchev–Trinajstić information content (AvgIpc) is 2.72. The summed E-state index contributed by atoms with van der Waals surface area (Å²) in [4.78, 5) is 18.1. The van der Waals surface area contributed by atoms with Crippen molar-refractivity contribution in [2.45, 2.75) is 18.9 Å². The topological polar surface area (TPSA) is 71.2 Å². The van der Waals surface area contributed by atoms with Crippen LogP contribution in [0, 0.1) is 5.92 Å². The van der Waals surface area contributed by atoms with Crippen LogP contribution in [0.25, 0.3) is 0 Å². The molecular weight excluding hydrogens is 296 g/mol. The van der Waals surface area contributed by atoms with Gasteiger partial charge < -0.3 is 16.0 Å². The summed E-state index contributed by atoms with van der Waals surface area (Å²) in [5.41, 5.74) is 7.66. The van der Waals surface area contributed by atoms with Crippen molar-refractivity contribution in [3.05, 3.63) is 16.9 Å². The number of nitrogens with two attached hydrogens (primary N) is 1. The number of pyridine rings is 1. The molecule has 0 saturated carbocycles. The fourth-order valence-electron chi connectivity index (χ4n) is 2.98. The van der Waals surface area contributed by atoms with Crippen molar-refractivity contribution in [2.75, 3.05) is 23.7 Å². The van der Waals surface area contributed by atoms with Crippen LogP contribution in [0.15, 0.2) is 16.9 Å². The first-order valence-electron chi connectivity index (χ1n) is 6.12. The van der Waals surface area contributed by atoms with E-state index >= 15 is 0 Å². The van der Waals surface area contributed by atoms with Gasteiger partial charge in [-0.2, -0.15) is 0 Å². The van der Waals surface area contributed by atoms with Gasteiger partial charge in [-0.15, -0.1) is 0 Å². The minimum absolute atomic E-state index is 0.0956. The van der Waals surface area contributed by atoms with Crippen LogP contribution in [0.4, 0.5) is 11.4 Å². The molecule has 0 radical (unpaired) electrons. The normalized spacial score (nSPS) is 26.9. The third-order valence-electron chi connectivity index (χ3n) is 3.79. The maximum absolute atomic E-state index is 11.8. The van der Waals surface area contributed by atoms with Crippen LogP contribution in [0.5, 0.6) is 0 Å². The summed E-state index contributed by atoms with van der Waals surface area (Å²) in [5.74, 6) is 0.270. The molecule has 1 aromatic heterocycles. The SMILES string of the molecule is Nc1cncc(Br)c1N1CCCC2C(=O)NCC21. The van der Waals surface area contributed by atoms with E-state index in [1.54, 1.807) is 12.4 Å². The summed E-state index contributed by atoms with van der Waals surface area (Å²) in [6, 6.07) is 0.215. The number of anilines is 2. The van der Waals surface area contributed by atoms with Gasteiger partial charge in [0.25, 0.3) is 0 Å². The number of nitrogens with one attached hydrogen (secondary N) is 1. The number of hydrogen-bond donors (Lipinski definition) is 2. The fourth-order valence-corrected chi connectivity index (χ4v) is 3.55. The second kappa shape index (κ2) is 4.42. The number of nitrogen functional groups attached to an aromatic ring is 1. The molecule has 18 heavy (non-hydrogen) atoms. The first-order chi connectivity index (χ1) is 8.68. The molecule has 2 saturated heterocycles. The Kier molecular flexibility index (Phi) is 2.89. The second-order valence-electron chi connectivity index (χ2n) is 4.81. The Bertz CT molecular complexity index is 473. The van der Waals surface area contributed by atoms with Crippen LogP contribution in [-0.4, -0.2) is 30.0 Å². The molecule has 3 rings (SSSR count). The molecule has 0 spiro atoms. The fraction of sp³-hybridized carbons (Fsp3) is 0.500. The van der Waals surface area contributed by atoms with Gasteiger partial charge in [-0.3, -0.25) is 9.78 Å². The highest BCUT2D eigenvalue weighted by Crippen LogP contribution is 2.38. The lowest BCUT2D eigenvalue weighted by atomic mass is 9.91. The molecule has 6 heteroatoms. The van der Waals surface area contributed by atoms with E-state index in [1.807, 2.05) is 0 Å². The number of aromatic nitrogens is 1.